The topological polar surface area (TPSA) is 51.2 Å². The van der Waals surface area contributed by atoms with Crippen molar-refractivity contribution in [2.45, 2.75) is 17.6 Å². The van der Waals surface area contributed by atoms with Gasteiger partial charge >= 0.3 is 0 Å². The minimum Gasteiger partial charge on any atom is -0.494 e. The van der Waals surface area contributed by atoms with Crippen LogP contribution in [0.3, 0.4) is 0 Å². The maximum absolute atomic E-state index is 12.3. The maximum atomic E-state index is 12.3. The molecule has 0 saturated heterocycles. The third-order valence-corrected chi connectivity index (χ3v) is 4.75. The van der Waals surface area contributed by atoms with Gasteiger partial charge in [0.1, 0.15) is 5.75 Å². The second-order valence-electron chi connectivity index (χ2n) is 5.59. The van der Waals surface area contributed by atoms with E-state index in [0.717, 1.165) is 22.1 Å². The summed E-state index contributed by atoms with van der Waals surface area (Å²) in [4.78, 5) is 17.6. The van der Waals surface area contributed by atoms with Crippen molar-refractivity contribution in [3.63, 3.8) is 0 Å². The third kappa shape index (κ3) is 5.10. The van der Waals surface area contributed by atoms with Crippen LogP contribution in [0.15, 0.2) is 78.0 Å². The molecule has 0 aliphatic heterocycles. The number of amides is 1. The molecule has 0 fully saturated rings. The van der Waals surface area contributed by atoms with Gasteiger partial charge in [0.05, 0.1) is 6.61 Å². The predicted octanol–water partition coefficient (Wildman–Crippen LogP) is 5.02. The molecule has 1 aromatic heterocycles. The Bertz CT molecular complexity index is 834. The molecule has 2 aromatic carbocycles. The van der Waals surface area contributed by atoms with Gasteiger partial charge in [-0.3, -0.25) is 9.78 Å². The summed E-state index contributed by atoms with van der Waals surface area (Å²) in [5.41, 5.74) is 2.56. The molecule has 1 heterocycles. The Morgan fingerprint density at radius 1 is 1.08 bits per heavy atom. The van der Waals surface area contributed by atoms with Crippen molar-refractivity contribution >= 4 is 23.4 Å². The van der Waals surface area contributed by atoms with E-state index in [0.29, 0.717) is 12.2 Å². The van der Waals surface area contributed by atoms with Crippen LogP contribution in [0.1, 0.15) is 22.8 Å². The number of hydrogen-bond donors (Lipinski definition) is 1. The summed E-state index contributed by atoms with van der Waals surface area (Å²) < 4.78 is 5.39. The van der Waals surface area contributed by atoms with Gasteiger partial charge in [-0.2, -0.15) is 0 Å². The van der Waals surface area contributed by atoms with Crippen LogP contribution in [-0.4, -0.2) is 17.5 Å². The molecule has 5 heteroatoms. The van der Waals surface area contributed by atoms with Gasteiger partial charge in [-0.1, -0.05) is 6.07 Å². The van der Waals surface area contributed by atoms with E-state index in [1.807, 2.05) is 43.5 Å². The van der Waals surface area contributed by atoms with Gasteiger partial charge in [-0.25, -0.2) is 0 Å². The first-order chi connectivity index (χ1) is 12.7. The third-order valence-electron chi connectivity index (χ3n) is 3.67. The van der Waals surface area contributed by atoms with Gasteiger partial charge in [-0.15, -0.1) is 11.8 Å². The zero-order valence-electron chi connectivity index (χ0n) is 14.5. The van der Waals surface area contributed by atoms with Crippen molar-refractivity contribution in [2.75, 3.05) is 11.9 Å². The van der Waals surface area contributed by atoms with E-state index in [-0.39, 0.29) is 5.91 Å². The van der Waals surface area contributed by atoms with Crippen molar-refractivity contribution in [1.82, 2.24) is 4.98 Å². The Hall–Kier alpha value is -2.79. The van der Waals surface area contributed by atoms with Gasteiger partial charge in [0.15, 0.2) is 0 Å². The average Bonchev–Trinajstić information content (AvgIpc) is 2.69. The molecule has 26 heavy (non-hydrogen) atoms. The second-order valence-corrected chi connectivity index (χ2v) is 6.63. The number of nitrogens with zero attached hydrogens (tertiary/aromatic N) is 1. The first kappa shape index (κ1) is 18.0. The van der Waals surface area contributed by atoms with E-state index in [2.05, 4.69) is 16.4 Å². The summed E-state index contributed by atoms with van der Waals surface area (Å²) in [6, 6.07) is 19.0. The van der Waals surface area contributed by atoms with Crippen molar-refractivity contribution in [3.8, 4) is 5.75 Å². The highest BCUT2D eigenvalue weighted by molar-refractivity contribution is 7.98. The molecule has 3 rings (SSSR count). The molecule has 0 atom stereocenters. The molecule has 0 aliphatic carbocycles. The number of nitrogens with one attached hydrogen (secondary N) is 1. The predicted molar refractivity (Wildman–Crippen MR) is 106 cm³/mol. The molecule has 4 nitrogen and oxygen atoms in total. The molecule has 1 amide bonds. The quantitative estimate of drug-likeness (QED) is 0.598. The number of ether oxygens (including phenoxy) is 1. The van der Waals surface area contributed by atoms with Crippen molar-refractivity contribution in [1.29, 1.82) is 0 Å². The fraction of sp³-hybridized carbons (Fsp3) is 0.143. The lowest BCUT2D eigenvalue weighted by Crippen LogP contribution is -2.11. The number of rotatable bonds is 7. The molecule has 0 unspecified atom stereocenters. The van der Waals surface area contributed by atoms with E-state index in [4.69, 9.17) is 4.74 Å². The van der Waals surface area contributed by atoms with Crippen LogP contribution in [0.5, 0.6) is 5.75 Å². The first-order valence-corrected chi connectivity index (χ1v) is 9.39. The first-order valence-electron chi connectivity index (χ1n) is 8.40. The number of anilines is 1. The Kier molecular flexibility index (Phi) is 6.28. The van der Waals surface area contributed by atoms with Crippen LogP contribution in [0.25, 0.3) is 0 Å². The van der Waals surface area contributed by atoms with Crippen molar-refractivity contribution < 1.29 is 9.53 Å². The highest BCUT2D eigenvalue weighted by atomic mass is 32.2. The maximum Gasteiger partial charge on any atom is 0.255 e. The number of thioether (sulfide) groups is 1. The summed E-state index contributed by atoms with van der Waals surface area (Å²) in [6.07, 6.45) is 3.65. The summed E-state index contributed by atoms with van der Waals surface area (Å²) in [5.74, 6) is 1.49. The summed E-state index contributed by atoms with van der Waals surface area (Å²) in [6.45, 7) is 2.54. The second kappa shape index (κ2) is 9.06. The van der Waals surface area contributed by atoms with Crippen molar-refractivity contribution in [3.05, 3.63) is 84.2 Å². The summed E-state index contributed by atoms with van der Waals surface area (Å²) >= 11 is 1.74. The normalized spacial score (nSPS) is 10.3. The molecular weight excluding hydrogens is 344 g/mol. The zero-order valence-corrected chi connectivity index (χ0v) is 15.3. The molecule has 0 aliphatic rings. The van der Waals surface area contributed by atoms with Crippen LogP contribution in [0, 0.1) is 0 Å². The Morgan fingerprint density at radius 3 is 2.50 bits per heavy atom. The minimum absolute atomic E-state index is 0.135. The van der Waals surface area contributed by atoms with Crippen LogP contribution in [0.4, 0.5) is 5.69 Å². The summed E-state index contributed by atoms with van der Waals surface area (Å²) in [7, 11) is 0. The van der Waals surface area contributed by atoms with E-state index < -0.39 is 0 Å². The van der Waals surface area contributed by atoms with Crippen LogP contribution in [0.2, 0.25) is 0 Å². The molecule has 3 aromatic rings. The summed E-state index contributed by atoms with van der Waals surface area (Å²) in [5, 5.41) is 2.91. The van der Waals surface area contributed by atoms with Gasteiger partial charge in [0.2, 0.25) is 0 Å². The zero-order chi connectivity index (χ0) is 18.2. The monoisotopic (exact) mass is 364 g/mol. The minimum atomic E-state index is -0.135. The standard InChI is InChI=1S/C21H20N2O2S/c1-2-25-19-9-5-17(6-10-19)21(24)23-18-7-11-20(12-8-18)26-15-16-4-3-13-22-14-16/h3-14H,2,15H2,1H3,(H,23,24). The lowest BCUT2D eigenvalue weighted by atomic mass is 10.2. The fourth-order valence-electron chi connectivity index (χ4n) is 2.36. The number of carbonyl (C=O) groups is 1. The smallest absolute Gasteiger partial charge is 0.255 e. The molecule has 1 N–H and O–H groups in total. The largest absolute Gasteiger partial charge is 0.494 e. The van der Waals surface area contributed by atoms with Crippen LogP contribution < -0.4 is 10.1 Å². The molecule has 132 valence electrons. The molecular formula is C21H20N2O2S. The van der Waals surface area contributed by atoms with Gasteiger partial charge in [0.25, 0.3) is 5.91 Å². The number of aromatic nitrogens is 1. The van der Waals surface area contributed by atoms with E-state index in [1.165, 1.54) is 5.56 Å². The lowest BCUT2D eigenvalue weighted by molar-refractivity contribution is 0.102. The number of pyridine rings is 1. The van der Waals surface area contributed by atoms with Crippen LogP contribution in [-0.2, 0) is 5.75 Å². The fourth-order valence-corrected chi connectivity index (χ4v) is 3.19. The average molecular weight is 364 g/mol. The van der Waals surface area contributed by atoms with E-state index in [1.54, 1.807) is 42.2 Å². The van der Waals surface area contributed by atoms with E-state index in [9.17, 15) is 4.79 Å². The highest BCUT2D eigenvalue weighted by Crippen LogP contribution is 2.24. The Labute approximate surface area is 157 Å². The molecule has 0 spiro atoms. The Morgan fingerprint density at radius 2 is 1.85 bits per heavy atom. The number of benzene rings is 2. The van der Waals surface area contributed by atoms with E-state index >= 15 is 0 Å². The van der Waals surface area contributed by atoms with Gasteiger partial charge in [-0.05, 0) is 67.1 Å². The van der Waals surface area contributed by atoms with Gasteiger partial charge < -0.3 is 10.1 Å². The molecule has 0 radical (unpaired) electrons. The lowest BCUT2D eigenvalue weighted by Gasteiger charge is -2.08. The van der Waals surface area contributed by atoms with Crippen molar-refractivity contribution in [2.24, 2.45) is 0 Å². The SMILES string of the molecule is CCOc1ccc(C(=O)Nc2ccc(SCc3cccnc3)cc2)cc1. The number of carbonyl (C=O) groups excluding carboxylic acids is 1. The van der Waals surface area contributed by atoms with Gasteiger partial charge in [0, 0.05) is 34.3 Å². The number of hydrogen-bond acceptors (Lipinski definition) is 4. The molecule has 0 saturated carbocycles. The highest BCUT2D eigenvalue weighted by Gasteiger charge is 2.06. The molecule has 0 bridgehead atoms. The van der Waals surface area contributed by atoms with Crippen LogP contribution >= 0.6 is 11.8 Å². The Balaban J connectivity index is 1.55.